The Morgan fingerprint density at radius 1 is 1.23 bits per heavy atom. The van der Waals surface area contributed by atoms with Crippen LogP contribution in [-0.4, -0.2) is 35.1 Å². The fraction of sp³-hybridized carbons (Fsp3) is 0.364. The molecule has 0 bridgehead atoms. The zero-order valence-corrected chi connectivity index (χ0v) is 14.9. The molecule has 1 unspecified atom stereocenters. The van der Waals surface area contributed by atoms with E-state index in [1.165, 1.54) is 16.8 Å². The quantitative estimate of drug-likeness (QED) is 0.696. The Labute approximate surface area is 152 Å². The molecule has 0 saturated carbocycles. The molecule has 2 aliphatic rings. The first-order valence-corrected chi connectivity index (χ1v) is 9.32. The standard InChI is InChI=1S/C22H23FN2O/c1-25-8-7-22(14-3-2-4-17(26)9-14)12-21-19(10-15(22)13-25)18-6-5-16(23)11-20(18)24-21/h2-6,9,11,15,24,26H,7-8,10,12-13H2,1H3/t15?,22-/m1/s1. The lowest BCUT2D eigenvalue weighted by Crippen LogP contribution is -2.52. The number of fused-ring (bicyclic) bond motifs is 4. The minimum atomic E-state index is -0.198. The number of H-pyrrole nitrogens is 1. The van der Waals surface area contributed by atoms with Crippen LogP contribution in [0.1, 0.15) is 23.2 Å². The van der Waals surface area contributed by atoms with Crippen LogP contribution in [0.15, 0.2) is 42.5 Å². The number of aromatic hydroxyl groups is 1. The number of rotatable bonds is 1. The molecule has 134 valence electrons. The normalized spacial score (nSPS) is 25.8. The van der Waals surface area contributed by atoms with Gasteiger partial charge in [0.2, 0.25) is 0 Å². The maximum atomic E-state index is 13.7. The molecule has 1 aliphatic heterocycles. The number of piperidine rings is 1. The van der Waals surface area contributed by atoms with Crippen LogP contribution in [-0.2, 0) is 18.3 Å². The van der Waals surface area contributed by atoms with Gasteiger partial charge in [0.15, 0.2) is 0 Å². The molecule has 1 saturated heterocycles. The molecule has 1 aliphatic carbocycles. The Bertz CT molecular complexity index is 995. The number of phenolic OH excluding ortho intramolecular Hbond substituents is 1. The summed E-state index contributed by atoms with van der Waals surface area (Å²) in [6.45, 7) is 2.10. The van der Waals surface area contributed by atoms with E-state index < -0.39 is 0 Å². The average molecular weight is 350 g/mol. The highest BCUT2D eigenvalue weighted by molar-refractivity contribution is 5.85. The van der Waals surface area contributed by atoms with Crippen molar-refractivity contribution in [2.24, 2.45) is 5.92 Å². The second kappa shape index (κ2) is 5.58. The van der Waals surface area contributed by atoms with E-state index in [4.69, 9.17) is 0 Å². The van der Waals surface area contributed by atoms with E-state index in [1.807, 2.05) is 18.2 Å². The van der Waals surface area contributed by atoms with E-state index >= 15 is 0 Å². The van der Waals surface area contributed by atoms with Crippen LogP contribution in [0.5, 0.6) is 5.75 Å². The highest BCUT2D eigenvalue weighted by Crippen LogP contribution is 2.49. The number of phenols is 1. The molecule has 0 radical (unpaired) electrons. The van der Waals surface area contributed by atoms with Crippen molar-refractivity contribution >= 4 is 10.9 Å². The Hall–Kier alpha value is -2.33. The highest BCUT2D eigenvalue weighted by atomic mass is 19.1. The molecular formula is C22H23FN2O. The van der Waals surface area contributed by atoms with Gasteiger partial charge < -0.3 is 15.0 Å². The van der Waals surface area contributed by atoms with Gasteiger partial charge in [-0.1, -0.05) is 12.1 Å². The van der Waals surface area contributed by atoms with Crippen LogP contribution >= 0.6 is 0 Å². The third kappa shape index (κ3) is 2.28. The fourth-order valence-electron chi connectivity index (χ4n) is 5.26. The Kier molecular flexibility index (Phi) is 3.41. The Balaban J connectivity index is 1.68. The molecule has 2 heterocycles. The maximum Gasteiger partial charge on any atom is 0.125 e. The molecule has 4 heteroatoms. The number of aromatic nitrogens is 1. The topological polar surface area (TPSA) is 39.3 Å². The van der Waals surface area contributed by atoms with Crippen molar-refractivity contribution in [3.8, 4) is 5.75 Å². The Morgan fingerprint density at radius 2 is 2.12 bits per heavy atom. The van der Waals surface area contributed by atoms with Crippen LogP contribution in [0.2, 0.25) is 0 Å². The molecule has 0 amide bonds. The molecule has 2 atom stereocenters. The van der Waals surface area contributed by atoms with Crippen LogP contribution in [0, 0.1) is 11.7 Å². The van der Waals surface area contributed by atoms with Gasteiger partial charge in [-0.15, -0.1) is 0 Å². The average Bonchev–Trinajstić information content (AvgIpc) is 2.95. The van der Waals surface area contributed by atoms with Crippen molar-refractivity contribution in [2.75, 3.05) is 20.1 Å². The number of nitrogens with one attached hydrogen (secondary N) is 1. The van der Waals surface area contributed by atoms with Gasteiger partial charge in [0.25, 0.3) is 0 Å². The lowest BCUT2D eigenvalue weighted by Gasteiger charge is -2.50. The molecule has 3 aromatic rings. The van der Waals surface area contributed by atoms with Crippen LogP contribution in [0.25, 0.3) is 10.9 Å². The van der Waals surface area contributed by atoms with Gasteiger partial charge >= 0.3 is 0 Å². The minimum Gasteiger partial charge on any atom is -0.508 e. The summed E-state index contributed by atoms with van der Waals surface area (Å²) in [4.78, 5) is 5.90. The summed E-state index contributed by atoms with van der Waals surface area (Å²) in [6.07, 6.45) is 2.97. The largest absolute Gasteiger partial charge is 0.508 e. The van der Waals surface area contributed by atoms with E-state index in [9.17, 15) is 9.50 Å². The summed E-state index contributed by atoms with van der Waals surface area (Å²) in [7, 11) is 2.19. The zero-order valence-electron chi connectivity index (χ0n) is 14.9. The molecule has 1 fully saturated rings. The summed E-state index contributed by atoms with van der Waals surface area (Å²) < 4.78 is 13.7. The number of hydrogen-bond acceptors (Lipinski definition) is 2. The molecular weight excluding hydrogens is 327 g/mol. The number of benzene rings is 2. The van der Waals surface area contributed by atoms with Crippen molar-refractivity contribution < 1.29 is 9.50 Å². The van der Waals surface area contributed by atoms with Crippen molar-refractivity contribution in [3.05, 3.63) is 65.1 Å². The maximum absolute atomic E-state index is 13.7. The van der Waals surface area contributed by atoms with Gasteiger partial charge in [-0.3, -0.25) is 0 Å². The monoisotopic (exact) mass is 350 g/mol. The molecule has 5 rings (SSSR count). The van der Waals surface area contributed by atoms with Gasteiger partial charge in [-0.2, -0.15) is 0 Å². The first-order chi connectivity index (χ1) is 12.5. The van der Waals surface area contributed by atoms with Crippen molar-refractivity contribution in [3.63, 3.8) is 0 Å². The van der Waals surface area contributed by atoms with Crippen LogP contribution < -0.4 is 0 Å². The molecule has 26 heavy (non-hydrogen) atoms. The second-order valence-electron chi connectivity index (χ2n) is 8.07. The first kappa shape index (κ1) is 15.9. The van der Waals surface area contributed by atoms with Crippen LogP contribution in [0.4, 0.5) is 4.39 Å². The number of likely N-dealkylation sites (tertiary alicyclic amines) is 1. The number of nitrogens with zero attached hydrogens (tertiary/aromatic N) is 1. The van der Waals surface area contributed by atoms with E-state index in [2.05, 4.69) is 23.0 Å². The lowest BCUT2D eigenvalue weighted by atomic mass is 9.59. The van der Waals surface area contributed by atoms with Gasteiger partial charge in [-0.05, 0) is 80.2 Å². The van der Waals surface area contributed by atoms with Crippen LogP contribution in [0.3, 0.4) is 0 Å². The van der Waals surface area contributed by atoms with Crippen molar-refractivity contribution in [2.45, 2.75) is 24.7 Å². The summed E-state index contributed by atoms with van der Waals surface area (Å²) in [5, 5.41) is 11.2. The third-order valence-electron chi connectivity index (χ3n) is 6.57. The molecule has 3 nitrogen and oxygen atoms in total. The molecule has 0 spiro atoms. The highest BCUT2D eigenvalue weighted by Gasteiger charge is 2.47. The SMILES string of the molecule is CN1CC[C@]2(c3cccc(O)c3)Cc3[nH]c4cc(F)ccc4c3CC2C1. The summed E-state index contributed by atoms with van der Waals surface area (Å²) in [6, 6.07) is 12.9. The van der Waals surface area contributed by atoms with Gasteiger partial charge in [0, 0.05) is 28.6 Å². The predicted octanol–water partition coefficient (Wildman–Crippen LogP) is 4.00. The van der Waals surface area contributed by atoms with Crippen molar-refractivity contribution in [1.29, 1.82) is 0 Å². The first-order valence-electron chi connectivity index (χ1n) is 9.32. The number of halogens is 1. The zero-order chi connectivity index (χ0) is 17.9. The predicted molar refractivity (Wildman–Crippen MR) is 101 cm³/mol. The van der Waals surface area contributed by atoms with Crippen molar-refractivity contribution in [1.82, 2.24) is 9.88 Å². The van der Waals surface area contributed by atoms with Gasteiger partial charge in [0.1, 0.15) is 11.6 Å². The van der Waals surface area contributed by atoms with Gasteiger partial charge in [0.05, 0.1) is 0 Å². The number of hydrogen-bond donors (Lipinski definition) is 2. The van der Waals surface area contributed by atoms with Gasteiger partial charge in [-0.25, -0.2) is 4.39 Å². The smallest absolute Gasteiger partial charge is 0.125 e. The summed E-state index contributed by atoms with van der Waals surface area (Å²) >= 11 is 0. The summed E-state index contributed by atoms with van der Waals surface area (Å²) in [5.41, 5.74) is 4.72. The minimum absolute atomic E-state index is 0.0255. The third-order valence-corrected chi connectivity index (χ3v) is 6.57. The molecule has 1 aromatic heterocycles. The lowest BCUT2D eigenvalue weighted by molar-refractivity contribution is 0.0994. The van der Waals surface area contributed by atoms with E-state index in [0.29, 0.717) is 11.7 Å². The summed E-state index contributed by atoms with van der Waals surface area (Å²) in [5.74, 6) is 0.620. The number of aromatic amines is 1. The Morgan fingerprint density at radius 3 is 2.96 bits per heavy atom. The second-order valence-corrected chi connectivity index (χ2v) is 8.07. The van der Waals surface area contributed by atoms with E-state index in [1.54, 1.807) is 18.2 Å². The molecule has 2 N–H and O–H groups in total. The van der Waals surface area contributed by atoms with E-state index in [0.717, 1.165) is 43.3 Å². The fourth-order valence-corrected chi connectivity index (χ4v) is 5.26. The van der Waals surface area contributed by atoms with E-state index in [-0.39, 0.29) is 11.2 Å². The molecule has 2 aromatic carbocycles.